The van der Waals surface area contributed by atoms with Crippen molar-refractivity contribution < 1.29 is 4.39 Å². The fraction of sp³-hybridized carbons (Fsp3) is 0.529. The molecule has 0 saturated carbocycles. The average Bonchev–Trinajstić information content (AvgIpc) is 3.11. The molecule has 0 saturated heterocycles. The Morgan fingerprint density at radius 1 is 0.800 bits per heavy atom. The van der Waals surface area contributed by atoms with Crippen molar-refractivity contribution in [1.29, 1.82) is 0 Å². The lowest BCUT2D eigenvalue weighted by Crippen LogP contribution is -1.86. The minimum absolute atomic E-state index is 0.149. The molecule has 0 atom stereocenters. The van der Waals surface area contributed by atoms with Gasteiger partial charge in [-0.05, 0) is 47.7 Å². The van der Waals surface area contributed by atoms with E-state index in [4.69, 9.17) is 0 Å². The van der Waals surface area contributed by atoms with Gasteiger partial charge in [0, 0.05) is 9.75 Å². The van der Waals surface area contributed by atoms with E-state index < -0.39 is 0 Å². The van der Waals surface area contributed by atoms with Crippen LogP contribution in [0.1, 0.15) is 50.5 Å². The van der Waals surface area contributed by atoms with Crippen molar-refractivity contribution in [2.24, 2.45) is 0 Å². The molecular weight excluding hydrogens is 287 g/mol. The van der Waals surface area contributed by atoms with Crippen LogP contribution in [0.25, 0.3) is 9.75 Å². The molecule has 0 radical (unpaired) electrons. The van der Waals surface area contributed by atoms with E-state index in [0.29, 0.717) is 0 Å². The largest absolute Gasteiger partial charge is 0.251 e. The molecule has 0 amide bonds. The molecule has 0 fully saturated rings. The third kappa shape index (κ3) is 5.02. The normalized spacial score (nSPS) is 11.1. The van der Waals surface area contributed by atoms with Gasteiger partial charge in [0.15, 0.2) is 0 Å². The Kier molecular flexibility index (Phi) is 7.31. The van der Waals surface area contributed by atoms with Crippen LogP contribution in [0, 0.1) is 0 Å². The molecule has 2 aromatic heterocycles. The average molecular weight is 311 g/mol. The Hall–Kier alpha value is -0.670. The van der Waals surface area contributed by atoms with Crippen molar-refractivity contribution >= 4 is 22.7 Å². The Labute approximate surface area is 129 Å². The lowest BCUT2D eigenvalue weighted by Gasteiger charge is -2.03. The van der Waals surface area contributed by atoms with E-state index in [9.17, 15) is 4.39 Å². The smallest absolute Gasteiger partial charge is 0.0894 e. The molecule has 0 aromatic carbocycles. The molecule has 0 nitrogen and oxygen atoms in total. The molecule has 0 unspecified atom stereocenters. The third-order valence-electron chi connectivity index (χ3n) is 3.57. The Balaban J connectivity index is 1.64. The van der Waals surface area contributed by atoms with E-state index in [0.717, 1.165) is 12.8 Å². The highest BCUT2D eigenvalue weighted by Crippen LogP contribution is 2.33. The highest BCUT2D eigenvalue weighted by atomic mass is 32.1. The van der Waals surface area contributed by atoms with Gasteiger partial charge in [-0.2, -0.15) is 0 Å². The van der Waals surface area contributed by atoms with Crippen LogP contribution >= 0.6 is 22.7 Å². The van der Waals surface area contributed by atoms with Crippen LogP contribution in [0.15, 0.2) is 29.0 Å². The SMILES string of the molecule is FCCCCCCCCCc1ccsc1-c1cccs1. The Bertz CT molecular complexity index is 459. The molecule has 20 heavy (non-hydrogen) atoms. The molecule has 110 valence electrons. The Morgan fingerprint density at radius 2 is 1.55 bits per heavy atom. The first-order valence-corrected chi connectivity index (χ1v) is 9.34. The van der Waals surface area contributed by atoms with Crippen LogP contribution < -0.4 is 0 Å². The summed E-state index contributed by atoms with van der Waals surface area (Å²) in [4.78, 5) is 2.86. The van der Waals surface area contributed by atoms with Crippen molar-refractivity contribution in [2.45, 2.75) is 51.4 Å². The lowest BCUT2D eigenvalue weighted by molar-refractivity contribution is 0.449. The fourth-order valence-corrected chi connectivity index (χ4v) is 4.31. The molecule has 0 aliphatic carbocycles. The minimum Gasteiger partial charge on any atom is -0.251 e. The molecular formula is C17H23FS2. The maximum atomic E-state index is 11.9. The molecule has 0 spiro atoms. The first-order chi connectivity index (χ1) is 9.92. The number of thiophene rings is 2. The van der Waals surface area contributed by atoms with E-state index >= 15 is 0 Å². The van der Waals surface area contributed by atoms with Gasteiger partial charge in [0.2, 0.25) is 0 Å². The van der Waals surface area contributed by atoms with E-state index in [1.807, 2.05) is 22.7 Å². The molecule has 0 N–H and O–H groups in total. The van der Waals surface area contributed by atoms with Gasteiger partial charge >= 0.3 is 0 Å². The van der Waals surface area contributed by atoms with Crippen molar-refractivity contribution in [3.63, 3.8) is 0 Å². The number of unbranched alkanes of at least 4 members (excludes halogenated alkanes) is 6. The number of halogens is 1. The molecule has 3 heteroatoms. The summed E-state index contributed by atoms with van der Waals surface area (Å²) in [6.07, 6.45) is 9.34. The fourth-order valence-electron chi connectivity index (χ4n) is 2.45. The molecule has 2 rings (SSSR count). The van der Waals surface area contributed by atoms with Crippen LogP contribution in [0.3, 0.4) is 0 Å². The molecule has 0 bridgehead atoms. The summed E-state index contributed by atoms with van der Waals surface area (Å²) < 4.78 is 11.9. The van der Waals surface area contributed by atoms with Gasteiger partial charge in [-0.1, -0.05) is 38.2 Å². The number of hydrogen-bond donors (Lipinski definition) is 0. The molecule has 2 heterocycles. The summed E-state index contributed by atoms with van der Waals surface area (Å²) in [6, 6.07) is 6.62. The molecule has 2 aromatic rings. The highest BCUT2D eigenvalue weighted by molar-refractivity contribution is 7.20. The van der Waals surface area contributed by atoms with Gasteiger partial charge in [-0.15, -0.1) is 22.7 Å². The van der Waals surface area contributed by atoms with E-state index in [1.165, 1.54) is 53.8 Å². The number of rotatable bonds is 10. The van der Waals surface area contributed by atoms with Crippen LogP contribution in [0.5, 0.6) is 0 Å². The first-order valence-electron chi connectivity index (χ1n) is 7.58. The second-order valence-electron chi connectivity index (χ2n) is 5.17. The second-order valence-corrected chi connectivity index (χ2v) is 7.03. The van der Waals surface area contributed by atoms with Gasteiger partial charge < -0.3 is 0 Å². The maximum absolute atomic E-state index is 11.9. The van der Waals surface area contributed by atoms with E-state index in [-0.39, 0.29) is 6.67 Å². The van der Waals surface area contributed by atoms with Gasteiger partial charge in [-0.25, -0.2) is 0 Å². The van der Waals surface area contributed by atoms with E-state index in [1.54, 1.807) is 0 Å². The monoisotopic (exact) mass is 310 g/mol. The Morgan fingerprint density at radius 3 is 2.25 bits per heavy atom. The highest BCUT2D eigenvalue weighted by Gasteiger charge is 2.07. The zero-order chi connectivity index (χ0) is 14.0. The zero-order valence-corrected chi connectivity index (χ0v) is 13.6. The summed E-state index contributed by atoms with van der Waals surface area (Å²) in [7, 11) is 0. The van der Waals surface area contributed by atoms with Gasteiger partial charge in [0.25, 0.3) is 0 Å². The second kappa shape index (κ2) is 9.30. The third-order valence-corrected chi connectivity index (χ3v) is 5.58. The summed E-state index contributed by atoms with van der Waals surface area (Å²) in [5.74, 6) is 0. The number of hydrogen-bond acceptors (Lipinski definition) is 2. The summed E-state index contributed by atoms with van der Waals surface area (Å²) in [5.41, 5.74) is 1.51. The number of aryl methyl sites for hydroxylation is 1. The topological polar surface area (TPSA) is 0 Å². The standard InChI is InChI=1S/C17H23FS2/c18-12-7-5-3-1-2-4-6-9-15-11-14-20-17(15)16-10-8-13-19-16/h8,10-11,13-14H,1-7,9,12H2. The first kappa shape index (κ1) is 15.7. The van der Waals surface area contributed by atoms with E-state index in [2.05, 4.69) is 29.0 Å². The van der Waals surface area contributed by atoms with Gasteiger partial charge in [0.05, 0.1) is 6.67 Å². The summed E-state index contributed by atoms with van der Waals surface area (Å²) >= 11 is 3.69. The van der Waals surface area contributed by atoms with Gasteiger partial charge in [0.1, 0.15) is 0 Å². The van der Waals surface area contributed by atoms with Crippen LogP contribution in [-0.4, -0.2) is 6.67 Å². The molecule has 0 aliphatic heterocycles. The predicted molar refractivity (Wildman–Crippen MR) is 89.6 cm³/mol. The molecule has 0 aliphatic rings. The number of alkyl halides is 1. The quantitative estimate of drug-likeness (QED) is 0.427. The van der Waals surface area contributed by atoms with Crippen molar-refractivity contribution in [1.82, 2.24) is 0 Å². The zero-order valence-electron chi connectivity index (χ0n) is 11.9. The van der Waals surface area contributed by atoms with Crippen LogP contribution in [0.4, 0.5) is 4.39 Å². The summed E-state index contributed by atoms with van der Waals surface area (Å²) in [6.45, 7) is -0.149. The van der Waals surface area contributed by atoms with Crippen molar-refractivity contribution in [3.8, 4) is 9.75 Å². The van der Waals surface area contributed by atoms with Crippen molar-refractivity contribution in [3.05, 3.63) is 34.5 Å². The van der Waals surface area contributed by atoms with Crippen LogP contribution in [-0.2, 0) is 6.42 Å². The summed E-state index contributed by atoms with van der Waals surface area (Å²) in [5, 5.41) is 4.36. The van der Waals surface area contributed by atoms with Gasteiger partial charge in [-0.3, -0.25) is 4.39 Å². The minimum atomic E-state index is -0.149. The van der Waals surface area contributed by atoms with Crippen molar-refractivity contribution in [2.75, 3.05) is 6.67 Å². The lowest BCUT2D eigenvalue weighted by atomic mass is 10.0. The van der Waals surface area contributed by atoms with Crippen LogP contribution in [0.2, 0.25) is 0 Å². The maximum Gasteiger partial charge on any atom is 0.0894 e. The predicted octanol–water partition coefficient (Wildman–Crippen LogP) is 6.72.